The lowest BCUT2D eigenvalue weighted by atomic mass is 9.78. The van der Waals surface area contributed by atoms with E-state index in [0.29, 0.717) is 25.8 Å². The molecule has 2 rings (SSSR count). The van der Waals surface area contributed by atoms with Crippen molar-refractivity contribution in [1.82, 2.24) is 16.0 Å². The number of carbonyl (C=O) groups is 2. The normalized spacial score (nSPS) is 29.3. The van der Waals surface area contributed by atoms with Gasteiger partial charge in [-0.15, -0.1) is 12.4 Å². The molecule has 3 N–H and O–H groups in total. The van der Waals surface area contributed by atoms with Crippen LogP contribution in [0.1, 0.15) is 39.0 Å². The van der Waals surface area contributed by atoms with E-state index < -0.39 is 9.84 Å². The van der Waals surface area contributed by atoms with Crippen LogP contribution in [0.3, 0.4) is 0 Å². The number of amides is 2. The van der Waals surface area contributed by atoms with Crippen LogP contribution in [-0.2, 0) is 19.4 Å². The second-order valence-corrected chi connectivity index (χ2v) is 9.27. The molecule has 4 atom stereocenters. The SMILES string of the molecule is CNC(C)CNC(=O)C1CCCCC1C(=O)NC1CCS(=O)(=O)C1.Cl. The standard InChI is InChI=1S/C16H29N3O4S.ClH/c1-11(17-2)9-18-15(20)13-5-3-4-6-14(13)16(21)19-12-7-8-24(22,23)10-12;/h11-14,17H,3-10H2,1-2H3,(H,18,20)(H,19,21);1H. The summed E-state index contributed by atoms with van der Waals surface area (Å²) in [6, 6.07) is -0.133. The predicted octanol–water partition coefficient (Wildman–Crippen LogP) is 0.242. The molecular weight excluding hydrogens is 366 g/mol. The highest BCUT2D eigenvalue weighted by Crippen LogP contribution is 2.31. The molecule has 1 aliphatic carbocycles. The van der Waals surface area contributed by atoms with E-state index in [1.165, 1.54) is 0 Å². The maximum atomic E-state index is 12.6. The summed E-state index contributed by atoms with van der Waals surface area (Å²) in [6.07, 6.45) is 3.74. The highest BCUT2D eigenvalue weighted by Gasteiger charge is 2.38. The van der Waals surface area contributed by atoms with Gasteiger partial charge in [-0.3, -0.25) is 9.59 Å². The average Bonchev–Trinajstić information content (AvgIpc) is 2.90. The van der Waals surface area contributed by atoms with Gasteiger partial charge in [0, 0.05) is 30.5 Å². The quantitative estimate of drug-likeness (QED) is 0.597. The topological polar surface area (TPSA) is 104 Å². The molecule has 0 aromatic carbocycles. The second kappa shape index (κ2) is 9.73. The molecular formula is C16H30ClN3O4S. The van der Waals surface area contributed by atoms with E-state index in [-0.39, 0.29) is 59.6 Å². The zero-order chi connectivity index (χ0) is 17.7. The van der Waals surface area contributed by atoms with E-state index in [9.17, 15) is 18.0 Å². The Kier molecular flexibility index (Phi) is 8.63. The molecule has 0 bridgehead atoms. The molecule has 0 spiro atoms. The Balaban J connectivity index is 0.00000312. The Hall–Kier alpha value is -0.860. The minimum absolute atomic E-state index is 0. The van der Waals surface area contributed by atoms with Crippen molar-refractivity contribution in [2.75, 3.05) is 25.1 Å². The molecule has 1 heterocycles. The van der Waals surface area contributed by atoms with Gasteiger partial charge in [0.05, 0.1) is 11.5 Å². The summed E-state index contributed by atoms with van der Waals surface area (Å²) in [6.45, 7) is 2.51. The van der Waals surface area contributed by atoms with Crippen molar-refractivity contribution in [3.8, 4) is 0 Å². The smallest absolute Gasteiger partial charge is 0.224 e. The summed E-state index contributed by atoms with van der Waals surface area (Å²) in [5.41, 5.74) is 0. The third-order valence-corrected chi connectivity index (χ3v) is 6.86. The van der Waals surface area contributed by atoms with E-state index >= 15 is 0 Å². The highest BCUT2D eigenvalue weighted by atomic mass is 35.5. The van der Waals surface area contributed by atoms with Crippen molar-refractivity contribution in [2.45, 2.75) is 51.1 Å². The van der Waals surface area contributed by atoms with Gasteiger partial charge >= 0.3 is 0 Å². The van der Waals surface area contributed by atoms with Crippen LogP contribution in [0.25, 0.3) is 0 Å². The molecule has 0 aromatic rings. The van der Waals surface area contributed by atoms with Gasteiger partial charge in [0.1, 0.15) is 0 Å². The number of nitrogens with one attached hydrogen (secondary N) is 3. The number of carbonyl (C=O) groups excluding carboxylic acids is 2. The molecule has 0 radical (unpaired) electrons. The summed E-state index contributed by atoms with van der Waals surface area (Å²) in [5.74, 6) is -0.765. The predicted molar refractivity (Wildman–Crippen MR) is 99.4 cm³/mol. The Bertz CT molecular complexity index is 570. The molecule has 2 amide bonds. The molecule has 1 saturated heterocycles. The number of hydrogen-bond donors (Lipinski definition) is 3. The highest BCUT2D eigenvalue weighted by molar-refractivity contribution is 7.91. The van der Waals surface area contributed by atoms with Crippen LogP contribution in [-0.4, -0.2) is 57.4 Å². The van der Waals surface area contributed by atoms with Crippen LogP contribution in [0, 0.1) is 11.8 Å². The van der Waals surface area contributed by atoms with Gasteiger partial charge in [-0.1, -0.05) is 12.8 Å². The van der Waals surface area contributed by atoms with Crippen LogP contribution in [0.15, 0.2) is 0 Å². The average molecular weight is 396 g/mol. The van der Waals surface area contributed by atoms with Crippen LogP contribution < -0.4 is 16.0 Å². The fourth-order valence-corrected chi connectivity index (χ4v) is 5.14. The summed E-state index contributed by atoms with van der Waals surface area (Å²) in [4.78, 5) is 25.0. The van der Waals surface area contributed by atoms with Gasteiger partial charge in [-0.2, -0.15) is 0 Å². The number of rotatable bonds is 6. The minimum atomic E-state index is -3.02. The molecule has 7 nitrogen and oxygen atoms in total. The number of hydrogen-bond acceptors (Lipinski definition) is 5. The zero-order valence-electron chi connectivity index (χ0n) is 14.9. The van der Waals surface area contributed by atoms with Crippen molar-refractivity contribution >= 4 is 34.1 Å². The monoisotopic (exact) mass is 395 g/mol. The first-order valence-corrected chi connectivity index (χ1v) is 10.6. The van der Waals surface area contributed by atoms with Crippen molar-refractivity contribution in [3.05, 3.63) is 0 Å². The third kappa shape index (κ3) is 6.42. The van der Waals surface area contributed by atoms with Gasteiger partial charge in [-0.25, -0.2) is 8.42 Å². The fourth-order valence-electron chi connectivity index (χ4n) is 3.46. The van der Waals surface area contributed by atoms with Crippen molar-refractivity contribution in [2.24, 2.45) is 11.8 Å². The lowest BCUT2D eigenvalue weighted by molar-refractivity contribution is -0.137. The molecule has 9 heteroatoms. The van der Waals surface area contributed by atoms with E-state index in [1.807, 2.05) is 14.0 Å². The van der Waals surface area contributed by atoms with E-state index in [2.05, 4.69) is 16.0 Å². The van der Waals surface area contributed by atoms with E-state index in [0.717, 1.165) is 12.8 Å². The van der Waals surface area contributed by atoms with E-state index in [1.54, 1.807) is 0 Å². The Morgan fingerprint density at radius 2 is 1.68 bits per heavy atom. The maximum Gasteiger partial charge on any atom is 0.224 e. The van der Waals surface area contributed by atoms with Gasteiger partial charge in [0.25, 0.3) is 0 Å². The molecule has 4 unspecified atom stereocenters. The van der Waals surface area contributed by atoms with Gasteiger partial charge < -0.3 is 16.0 Å². The Morgan fingerprint density at radius 1 is 1.08 bits per heavy atom. The third-order valence-electron chi connectivity index (χ3n) is 5.09. The first-order chi connectivity index (χ1) is 11.3. The lowest BCUT2D eigenvalue weighted by Crippen LogP contribution is -2.48. The summed E-state index contributed by atoms with van der Waals surface area (Å²) in [7, 11) is -1.19. The number of likely N-dealkylation sites (N-methyl/N-ethyl adjacent to an activating group) is 1. The molecule has 1 saturated carbocycles. The van der Waals surface area contributed by atoms with Crippen molar-refractivity contribution in [3.63, 3.8) is 0 Å². The van der Waals surface area contributed by atoms with Gasteiger partial charge in [-0.05, 0) is 33.2 Å². The Labute approximate surface area is 156 Å². The fraction of sp³-hybridized carbons (Fsp3) is 0.875. The summed E-state index contributed by atoms with van der Waals surface area (Å²) in [5, 5.41) is 8.83. The lowest BCUT2D eigenvalue weighted by Gasteiger charge is -2.30. The molecule has 1 aliphatic heterocycles. The van der Waals surface area contributed by atoms with Crippen molar-refractivity contribution in [1.29, 1.82) is 0 Å². The summed E-state index contributed by atoms with van der Waals surface area (Å²) < 4.78 is 23.1. The van der Waals surface area contributed by atoms with Crippen LogP contribution in [0.4, 0.5) is 0 Å². The van der Waals surface area contributed by atoms with Crippen molar-refractivity contribution < 1.29 is 18.0 Å². The first kappa shape index (κ1) is 22.2. The number of sulfone groups is 1. The maximum absolute atomic E-state index is 12.6. The second-order valence-electron chi connectivity index (χ2n) is 7.04. The summed E-state index contributed by atoms with van der Waals surface area (Å²) >= 11 is 0. The largest absolute Gasteiger partial charge is 0.354 e. The Morgan fingerprint density at radius 3 is 2.20 bits per heavy atom. The van der Waals surface area contributed by atoms with E-state index in [4.69, 9.17) is 0 Å². The minimum Gasteiger partial charge on any atom is -0.354 e. The molecule has 2 aliphatic rings. The molecule has 0 aromatic heterocycles. The molecule has 2 fully saturated rings. The van der Waals surface area contributed by atoms with Crippen LogP contribution >= 0.6 is 12.4 Å². The van der Waals surface area contributed by atoms with Gasteiger partial charge in [0.2, 0.25) is 11.8 Å². The number of halogens is 1. The van der Waals surface area contributed by atoms with Gasteiger partial charge in [0.15, 0.2) is 9.84 Å². The molecule has 146 valence electrons. The zero-order valence-corrected chi connectivity index (χ0v) is 16.5. The molecule has 25 heavy (non-hydrogen) atoms. The first-order valence-electron chi connectivity index (χ1n) is 8.78. The van der Waals surface area contributed by atoms with Crippen LogP contribution in [0.2, 0.25) is 0 Å². The van der Waals surface area contributed by atoms with Crippen LogP contribution in [0.5, 0.6) is 0 Å².